The second-order valence-corrected chi connectivity index (χ2v) is 5.92. The van der Waals surface area contributed by atoms with E-state index in [1.807, 2.05) is 6.07 Å². The van der Waals surface area contributed by atoms with E-state index in [1.165, 1.54) is 0 Å². The fourth-order valence-corrected chi connectivity index (χ4v) is 2.87. The molecule has 0 aliphatic heterocycles. The molecular formula is C19H26N2O4. The highest BCUT2D eigenvalue weighted by atomic mass is 16.5. The SMILES string of the molecule is CCCN(CCC)Cc1cc(=O)oc2cc(NC(=O)OCC)ccc12. The molecule has 0 unspecified atom stereocenters. The second kappa shape index (κ2) is 9.22. The largest absolute Gasteiger partial charge is 0.450 e. The van der Waals surface area contributed by atoms with E-state index in [0.717, 1.165) is 36.9 Å². The van der Waals surface area contributed by atoms with Crippen molar-refractivity contribution in [1.82, 2.24) is 4.90 Å². The summed E-state index contributed by atoms with van der Waals surface area (Å²) in [5, 5.41) is 3.50. The third kappa shape index (κ3) is 5.32. The van der Waals surface area contributed by atoms with Crippen LogP contribution in [0.5, 0.6) is 0 Å². The van der Waals surface area contributed by atoms with Crippen molar-refractivity contribution in [3.05, 3.63) is 40.2 Å². The number of fused-ring (bicyclic) bond motifs is 1. The fraction of sp³-hybridized carbons (Fsp3) is 0.474. The van der Waals surface area contributed by atoms with Gasteiger partial charge in [0, 0.05) is 29.8 Å². The third-order valence-corrected chi connectivity index (χ3v) is 3.83. The first-order valence-electron chi connectivity index (χ1n) is 8.80. The van der Waals surface area contributed by atoms with Gasteiger partial charge < -0.3 is 9.15 Å². The van der Waals surface area contributed by atoms with Crippen LogP contribution in [0.2, 0.25) is 0 Å². The van der Waals surface area contributed by atoms with Crippen molar-refractivity contribution in [3.8, 4) is 0 Å². The number of carbonyl (C=O) groups is 1. The number of amides is 1. The first kappa shape index (κ1) is 19.0. The summed E-state index contributed by atoms with van der Waals surface area (Å²) in [5.41, 5.74) is 1.55. The third-order valence-electron chi connectivity index (χ3n) is 3.83. The van der Waals surface area contributed by atoms with Gasteiger partial charge in [0.05, 0.1) is 6.61 Å². The number of hydrogen-bond acceptors (Lipinski definition) is 5. The molecule has 2 aromatic rings. The Bertz CT molecular complexity index is 764. The fourth-order valence-electron chi connectivity index (χ4n) is 2.87. The van der Waals surface area contributed by atoms with Gasteiger partial charge in [-0.25, -0.2) is 9.59 Å². The van der Waals surface area contributed by atoms with Crippen LogP contribution >= 0.6 is 0 Å². The zero-order valence-corrected chi connectivity index (χ0v) is 15.1. The molecule has 1 amide bonds. The van der Waals surface area contributed by atoms with Gasteiger partial charge in [-0.1, -0.05) is 13.8 Å². The number of benzene rings is 1. The summed E-state index contributed by atoms with van der Waals surface area (Å²) in [6.45, 7) is 9.00. The van der Waals surface area contributed by atoms with Crippen LogP contribution in [0.3, 0.4) is 0 Å². The molecule has 1 heterocycles. The molecule has 1 aromatic heterocycles. The van der Waals surface area contributed by atoms with Crippen molar-refractivity contribution in [2.45, 2.75) is 40.2 Å². The Labute approximate surface area is 147 Å². The van der Waals surface area contributed by atoms with Crippen molar-refractivity contribution in [2.24, 2.45) is 0 Å². The highest BCUT2D eigenvalue weighted by Gasteiger charge is 2.11. The smallest absolute Gasteiger partial charge is 0.411 e. The molecule has 2 rings (SSSR count). The number of nitrogens with zero attached hydrogens (tertiary/aromatic N) is 1. The van der Waals surface area contributed by atoms with Crippen molar-refractivity contribution >= 4 is 22.7 Å². The van der Waals surface area contributed by atoms with Crippen LogP contribution in [-0.2, 0) is 11.3 Å². The summed E-state index contributed by atoms with van der Waals surface area (Å²) in [5.74, 6) is 0. The topological polar surface area (TPSA) is 71.8 Å². The molecule has 0 spiro atoms. The summed E-state index contributed by atoms with van der Waals surface area (Å²) in [4.78, 5) is 25.8. The quantitative estimate of drug-likeness (QED) is 0.732. The van der Waals surface area contributed by atoms with Crippen LogP contribution in [0.25, 0.3) is 11.0 Å². The Kier molecular flexibility index (Phi) is 7.01. The lowest BCUT2D eigenvalue weighted by atomic mass is 10.1. The maximum atomic E-state index is 11.9. The Morgan fingerprint density at radius 3 is 2.52 bits per heavy atom. The Morgan fingerprint density at radius 2 is 1.88 bits per heavy atom. The second-order valence-electron chi connectivity index (χ2n) is 5.92. The summed E-state index contributed by atoms with van der Waals surface area (Å²) in [6.07, 6.45) is 1.59. The van der Waals surface area contributed by atoms with Gasteiger partial charge in [0.25, 0.3) is 0 Å². The first-order chi connectivity index (χ1) is 12.1. The maximum Gasteiger partial charge on any atom is 0.411 e. The van der Waals surface area contributed by atoms with Crippen molar-refractivity contribution in [2.75, 3.05) is 25.0 Å². The molecular weight excluding hydrogens is 320 g/mol. The summed E-state index contributed by atoms with van der Waals surface area (Å²) >= 11 is 0. The Hall–Kier alpha value is -2.34. The number of rotatable bonds is 8. The van der Waals surface area contributed by atoms with Gasteiger partial charge in [-0.2, -0.15) is 0 Å². The van der Waals surface area contributed by atoms with Gasteiger partial charge in [-0.05, 0) is 50.6 Å². The van der Waals surface area contributed by atoms with Crippen LogP contribution in [0.4, 0.5) is 10.5 Å². The molecule has 0 bridgehead atoms. The lowest BCUT2D eigenvalue weighted by Gasteiger charge is -2.21. The monoisotopic (exact) mass is 346 g/mol. The van der Waals surface area contributed by atoms with E-state index in [1.54, 1.807) is 25.1 Å². The van der Waals surface area contributed by atoms with Crippen LogP contribution < -0.4 is 10.9 Å². The summed E-state index contributed by atoms with van der Waals surface area (Å²) in [7, 11) is 0. The van der Waals surface area contributed by atoms with Crippen molar-refractivity contribution < 1.29 is 13.9 Å². The lowest BCUT2D eigenvalue weighted by Crippen LogP contribution is -2.25. The Morgan fingerprint density at radius 1 is 1.16 bits per heavy atom. The van der Waals surface area contributed by atoms with Crippen molar-refractivity contribution in [1.29, 1.82) is 0 Å². The van der Waals surface area contributed by atoms with Gasteiger partial charge >= 0.3 is 11.7 Å². The average molecular weight is 346 g/mol. The van der Waals surface area contributed by atoms with Gasteiger partial charge in [-0.3, -0.25) is 10.2 Å². The molecule has 136 valence electrons. The molecule has 0 aliphatic rings. The molecule has 25 heavy (non-hydrogen) atoms. The number of ether oxygens (including phenoxy) is 1. The van der Waals surface area contributed by atoms with Crippen LogP contribution in [0.1, 0.15) is 39.2 Å². The summed E-state index contributed by atoms with van der Waals surface area (Å²) in [6, 6.07) is 6.86. The van der Waals surface area contributed by atoms with E-state index < -0.39 is 6.09 Å². The van der Waals surface area contributed by atoms with Gasteiger partial charge in [0.1, 0.15) is 5.58 Å². The molecule has 0 aliphatic carbocycles. The Balaban J connectivity index is 2.32. The van der Waals surface area contributed by atoms with E-state index in [0.29, 0.717) is 24.4 Å². The van der Waals surface area contributed by atoms with Crippen molar-refractivity contribution in [3.63, 3.8) is 0 Å². The van der Waals surface area contributed by atoms with Crippen LogP contribution in [0.15, 0.2) is 33.5 Å². The van der Waals surface area contributed by atoms with Gasteiger partial charge in [0.2, 0.25) is 0 Å². The van der Waals surface area contributed by atoms with Crippen LogP contribution in [-0.4, -0.2) is 30.7 Å². The normalized spacial score (nSPS) is 11.0. The number of nitrogens with one attached hydrogen (secondary N) is 1. The standard InChI is InChI=1S/C19H26N2O4/c1-4-9-21(10-5-2)13-14-11-18(22)25-17-12-15(7-8-16(14)17)20-19(23)24-6-3/h7-8,11-12H,4-6,9-10,13H2,1-3H3,(H,20,23). The zero-order chi connectivity index (χ0) is 18.2. The van der Waals surface area contributed by atoms with Crippen LogP contribution in [0, 0.1) is 0 Å². The molecule has 0 radical (unpaired) electrons. The predicted molar refractivity (Wildman–Crippen MR) is 99.0 cm³/mol. The highest BCUT2D eigenvalue weighted by Crippen LogP contribution is 2.22. The lowest BCUT2D eigenvalue weighted by molar-refractivity contribution is 0.168. The molecule has 1 aromatic carbocycles. The zero-order valence-electron chi connectivity index (χ0n) is 15.1. The highest BCUT2D eigenvalue weighted by molar-refractivity contribution is 5.89. The number of carbonyl (C=O) groups excluding carboxylic acids is 1. The van der Waals surface area contributed by atoms with E-state index in [2.05, 4.69) is 24.1 Å². The first-order valence-corrected chi connectivity index (χ1v) is 8.80. The van der Waals surface area contributed by atoms with Gasteiger partial charge in [-0.15, -0.1) is 0 Å². The van der Waals surface area contributed by atoms with E-state index in [4.69, 9.17) is 9.15 Å². The minimum absolute atomic E-state index is 0.295. The molecule has 0 fully saturated rings. The summed E-state index contributed by atoms with van der Waals surface area (Å²) < 4.78 is 10.2. The number of anilines is 1. The number of hydrogen-bond donors (Lipinski definition) is 1. The minimum Gasteiger partial charge on any atom is -0.450 e. The predicted octanol–water partition coefficient (Wildman–Crippen LogP) is 3.98. The molecule has 6 nitrogen and oxygen atoms in total. The molecule has 0 saturated heterocycles. The van der Waals surface area contributed by atoms with E-state index >= 15 is 0 Å². The molecule has 0 saturated carbocycles. The molecule has 0 atom stereocenters. The maximum absolute atomic E-state index is 11.9. The van der Waals surface area contributed by atoms with E-state index in [-0.39, 0.29) is 5.63 Å². The van der Waals surface area contributed by atoms with Gasteiger partial charge in [0.15, 0.2) is 0 Å². The average Bonchev–Trinajstić information content (AvgIpc) is 2.55. The molecule has 6 heteroatoms. The minimum atomic E-state index is -0.530. The molecule has 1 N–H and O–H groups in total. The van der Waals surface area contributed by atoms with E-state index in [9.17, 15) is 9.59 Å².